The molecule has 0 atom stereocenters. The summed E-state index contributed by atoms with van der Waals surface area (Å²) in [6.07, 6.45) is 1.31. The number of nitrogens with one attached hydrogen (secondary N) is 1. The Labute approximate surface area is 102 Å². The highest BCUT2D eigenvalue weighted by atomic mass is 16.6. The smallest absolute Gasteiger partial charge is 0.407 e. The second kappa shape index (κ2) is 6.78. The Bertz CT molecular complexity index is 345. The second-order valence-corrected chi connectivity index (χ2v) is 3.94. The Morgan fingerprint density at radius 1 is 1.29 bits per heavy atom. The van der Waals surface area contributed by atoms with Crippen LogP contribution in [0.1, 0.15) is 32.3 Å². The molecule has 0 saturated heterocycles. The number of carbonyl (C=O) groups is 1. The van der Waals surface area contributed by atoms with E-state index < -0.39 is 0 Å². The van der Waals surface area contributed by atoms with E-state index >= 15 is 0 Å². The first-order chi connectivity index (χ1) is 8.15. The molecule has 0 saturated carbocycles. The first-order valence-corrected chi connectivity index (χ1v) is 5.94. The minimum absolute atomic E-state index is 0.00131. The van der Waals surface area contributed by atoms with Crippen LogP contribution < -0.4 is 11.1 Å². The summed E-state index contributed by atoms with van der Waals surface area (Å²) in [4.78, 5) is 11.5. The predicted molar refractivity (Wildman–Crippen MR) is 68.5 cm³/mol. The number of rotatable bonds is 5. The zero-order chi connectivity index (χ0) is 12.7. The van der Waals surface area contributed by atoms with Crippen molar-refractivity contribution >= 4 is 11.8 Å². The van der Waals surface area contributed by atoms with E-state index in [1.165, 1.54) is 0 Å². The molecular formula is C13H20N2O2. The number of benzene rings is 1. The average Bonchev–Trinajstić information content (AvgIpc) is 2.35. The van der Waals surface area contributed by atoms with E-state index in [0.717, 1.165) is 18.4 Å². The van der Waals surface area contributed by atoms with Crippen molar-refractivity contribution in [3.05, 3.63) is 29.8 Å². The van der Waals surface area contributed by atoms with E-state index in [2.05, 4.69) is 5.32 Å². The maximum atomic E-state index is 11.5. The van der Waals surface area contributed by atoms with Crippen molar-refractivity contribution in [2.75, 3.05) is 5.73 Å². The van der Waals surface area contributed by atoms with Gasteiger partial charge in [0.25, 0.3) is 0 Å². The minimum Gasteiger partial charge on any atom is -0.446 e. The molecule has 4 nitrogen and oxygen atoms in total. The van der Waals surface area contributed by atoms with Crippen molar-refractivity contribution in [1.82, 2.24) is 5.32 Å². The molecule has 0 bridgehead atoms. The van der Waals surface area contributed by atoms with Gasteiger partial charge in [0, 0.05) is 12.2 Å². The van der Waals surface area contributed by atoms with Crippen LogP contribution in [0.5, 0.6) is 0 Å². The van der Waals surface area contributed by atoms with E-state index in [0.29, 0.717) is 12.2 Å². The summed E-state index contributed by atoms with van der Waals surface area (Å²) in [5.74, 6) is 0. The topological polar surface area (TPSA) is 64.3 Å². The molecule has 1 amide bonds. The molecule has 0 aliphatic rings. The first kappa shape index (κ1) is 13.4. The molecule has 1 rings (SSSR count). The summed E-state index contributed by atoms with van der Waals surface area (Å²) in [5.41, 5.74) is 7.29. The number of amides is 1. The van der Waals surface area contributed by atoms with Crippen LogP contribution in [-0.2, 0) is 11.3 Å². The van der Waals surface area contributed by atoms with Crippen LogP contribution in [-0.4, -0.2) is 12.2 Å². The van der Waals surface area contributed by atoms with Gasteiger partial charge in [-0.05, 0) is 30.5 Å². The van der Waals surface area contributed by atoms with Gasteiger partial charge >= 0.3 is 6.09 Å². The SMILES string of the molecule is CCC(CC)OC(=O)NCc1ccc(N)cc1. The van der Waals surface area contributed by atoms with Crippen molar-refractivity contribution in [2.45, 2.75) is 39.3 Å². The highest BCUT2D eigenvalue weighted by molar-refractivity contribution is 5.67. The predicted octanol–water partition coefficient (Wildman–Crippen LogP) is 2.68. The molecule has 0 aliphatic heterocycles. The molecule has 0 fully saturated rings. The van der Waals surface area contributed by atoms with Gasteiger partial charge in [0.2, 0.25) is 0 Å². The lowest BCUT2D eigenvalue weighted by atomic mass is 10.2. The Hall–Kier alpha value is -1.71. The number of ether oxygens (including phenoxy) is 1. The molecule has 0 aromatic heterocycles. The summed E-state index contributed by atoms with van der Waals surface area (Å²) in [6, 6.07) is 7.38. The first-order valence-electron chi connectivity index (χ1n) is 5.94. The van der Waals surface area contributed by atoms with E-state index in [-0.39, 0.29) is 12.2 Å². The highest BCUT2D eigenvalue weighted by Crippen LogP contribution is 2.06. The van der Waals surface area contributed by atoms with Crippen molar-refractivity contribution in [2.24, 2.45) is 0 Å². The van der Waals surface area contributed by atoms with E-state index in [4.69, 9.17) is 10.5 Å². The van der Waals surface area contributed by atoms with Gasteiger partial charge in [-0.2, -0.15) is 0 Å². The van der Waals surface area contributed by atoms with Gasteiger partial charge in [-0.1, -0.05) is 26.0 Å². The molecule has 17 heavy (non-hydrogen) atoms. The number of nitrogen functional groups attached to an aromatic ring is 1. The van der Waals surface area contributed by atoms with Crippen molar-refractivity contribution < 1.29 is 9.53 Å². The van der Waals surface area contributed by atoms with Crippen LogP contribution in [0.3, 0.4) is 0 Å². The molecule has 0 spiro atoms. The van der Waals surface area contributed by atoms with E-state index in [1.807, 2.05) is 38.1 Å². The minimum atomic E-state index is -0.365. The number of hydrogen-bond donors (Lipinski definition) is 2. The van der Waals surface area contributed by atoms with Gasteiger partial charge in [0.05, 0.1) is 0 Å². The third kappa shape index (κ3) is 4.76. The zero-order valence-corrected chi connectivity index (χ0v) is 10.4. The summed E-state index contributed by atoms with van der Waals surface area (Å²) < 4.78 is 5.22. The fourth-order valence-electron chi connectivity index (χ4n) is 1.46. The van der Waals surface area contributed by atoms with Gasteiger partial charge in [-0.15, -0.1) is 0 Å². The fourth-order valence-corrected chi connectivity index (χ4v) is 1.46. The highest BCUT2D eigenvalue weighted by Gasteiger charge is 2.09. The quantitative estimate of drug-likeness (QED) is 0.772. The Morgan fingerprint density at radius 3 is 2.41 bits per heavy atom. The van der Waals surface area contributed by atoms with Gasteiger partial charge in [-0.25, -0.2) is 4.79 Å². The van der Waals surface area contributed by atoms with Crippen LogP contribution in [0, 0.1) is 0 Å². The third-order valence-electron chi connectivity index (χ3n) is 2.60. The van der Waals surface area contributed by atoms with Crippen LogP contribution in [0.4, 0.5) is 10.5 Å². The number of anilines is 1. The Morgan fingerprint density at radius 2 is 1.88 bits per heavy atom. The number of nitrogens with two attached hydrogens (primary N) is 1. The fraction of sp³-hybridized carbons (Fsp3) is 0.462. The van der Waals surface area contributed by atoms with Gasteiger partial charge < -0.3 is 15.8 Å². The van der Waals surface area contributed by atoms with Crippen LogP contribution in [0.2, 0.25) is 0 Å². The average molecular weight is 236 g/mol. The summed E-state index contributed by atoms with van der Waals surface area (Å²) in [5, 5.41) is 2.72. The summed E-state index contributed by atoms with van der Waals surface area (Å²) in [6.45, 7) is 4.46. The van der Waals surface area contributed by atoms with Crippen molar-refractivity contribution in [1.29, 1.82) is 0 Å². The van der Waals surface area contributed by atoms with Gasteiger partial charge in [0.1, 0.15) is 6.10 Å². The Kier molecular flexibility index (Phi) is 5.33. The van der Waals surface area contributed by atoms with E-state index in [1.54, 1.807) is 0 Å². The lowest BCUT2D eigenvalue weighted by molar-refractivity contribution is 0.0926. The zero-order valence-electron chi connectivity index (χ0n) is 10.4. The molecular weight excluding hydrogens is 216 g/mol. The Balaban J connectivity index is 2.35. The maximum absolute atomic E-state index is 11.5. The molecule has 1 aromatic rings. The van der Waals surface area contributed by atoms with Crippen LogP contribution in [0.15, 0.2) is 24.3 Å². The van der Waals surface area contributed by atoms with Gasteiger partial charge in [-0.3, -0.25) is 0 Å². The summed E-state index contributed by atoms with van der Waals surface area (Å²) in [7, 11) is 0. The monoisotopic (exact) mass is 236 g/mol. The normalized spacial score (nSPS) is 10.3. The standard InChI is InChI=1S/C13H20N2O2/c1-3-12(4-2)17-13(16)15-9-10-5-7-11(14)8-6-10/h5-8,12H,3-4,9,14H2,1-2H3,(H,15,16). The van der Waals surface area contributed by atoms with E-state index in [9.17, 15) is 4.79 Å². The molecule has 4 heteroatoms. The largest absolute Gasteiger partial charge is 0.446 e. The third-order valence-corrected chi connectivity index (χ3v) is 2.60. The number of hydrogen-bond acceptors (Lipinski definition) is 3. The molecule has 3 N–H and O–H groups in total. The molecule has 0 unspecified atom stereocenters. The van der Waals surface area contributed by atoms with Crippen molar-refractivity contribution in [3.63, 3.8) is 0 Å². The van der Waals surface area contributed by atoms with Crippen LogP contribution >= 0.6 is 0 Å². The molecule has 0 aliphatic carbocycles. The summed E-state index contributed by atoms with van der Waals surface area (Å²) >= 11 is 0. The molecule has 1 aromatic carbocycles. The molecule has 0 heterocycles. The second-order valence-electron chi connectivity index (χ2n) is 3.94. The van der Waals surface area contributed by atoms with Crippen molar-refractivity contribution in [3.8, 4) is 0 Å². The van der Waals surface area contributed by atoms with Crippen LogP contribution in [0.25, 0.3) is 0 Å². The van der Waals surface area contributed by atoms with Gasteiger partial charge in [0.15, 0.2) is 0 Å². The lowest BCUT2D eigenvalue weighted by Crippen LogP contribution is -2.28. The number of carbonyl (C=O) groups excluding carboxylic acids is 1. The molecule has 0 radical (unpaired) electrons. The molecule has 94 valence electrons. The maximum Gasteiger partial charge on any atom is 0.407 e. The number of alkyl carbamates (subject to hydrolysis) is 1. The lowest BCUT2D eigenvalue weighted by Gasteiger charge is -2.14.